The average Bonchev–Trinajstić information content (AvgIpc) is 2.84. The van der Waals surface area contributed by atoms with Crippen molar-refractivity contribution in [3.63, 3.8) is 0 Å². The van der Waals surface area contributed by atoms with Crippen molar-refractivity contribution in [3.8, 4) is 0 Å². The molecule has 0 radical (unpaired) electrons. The highest BCUT2D eigenvalue weighted by Crippen LogP contribution is 2.43. The normalized spacial score (nSPS) is 24.4. The molecule has 1 saturated heterocycles. The van der Waals surface area contributed by atoms with Crippen LogP contribution in [0.25, 0.3) is 0 Å². The number of carboxylic acids is 1. The number of hydrogen-bond donors (Lipinski definition) is 2. The van der Waals surface area contributed by atoms with Crippen LogP contribution < -0.4 is 5.32 Å². The number of benzene rings is 1. The van der Waals surface area contributed by atoms with Crippen molar-refractivity contribution >= 4 is 5.97 Å². The Morgan fingerprint density at radius 3 is 2.70 bits per heavy atom. The molecule has 1 aromatic rings. The Kier molecular flexibility index (Phi) is 3.59. The molecule has 1 aromatic carbocycles. The van der Waals surface area contributed by atoms with E-state index in [-0.39, 0.29) is 18.4 Å². The first kappa shape index (κ1) is 13.0. The van der Waals surface area contributed by atoms with Crippen LogP contribution in [-0.4, -0.2) is 11.1 Å². The fourth-order valence-corrected chi connectivity index (χ4v) is 3.21. The molecule has 2 unspecified atom stereocenters. The van der Waals surface area contributed by atoms with Crippen LogP contribution in [0.2, 0.25) is 0 Å². The Labute approximate surface area is 119 Å². The Morgan fingerprint density at radius 1 is 1.20 bits per heavy atom. The first-order chi connectivity index (χ1) is 9.75. The van der Waals surface area contributed by atoms with E-state index in [1.165, 1.54) is 16.8 Å². The van der Waals surface area contributed by atoms with Crippen molar-refractivity contribution in [3.05, 3.63) is 59.3 Å². The van der Waals surface area contributed by atoms with Gasteiger partial charge in [0.2, 0.25) is 0 Å². The molecule has 1 aliphatic heterocycles. The van der Waals surface area contributed by atoms with E-state index in [0.29, 0.717) is 6.42 Å². The van der Waals surface area contributed by atoms with E-state index in [0.717, 1.165) is 12.8 Å². The smallest absolute Gasteiger partial charge is 0.303 e. The van der Waals surface area contributed by atoms with Crippen LogP contribution >= 0.6 is 0 Å². The Hall–Kier alpha value is -2.03. The summed E-state index contributed by atoms with van der Waals surface area (Å²) in [6.07, 6.45) is 7.56. The lowest BCUT2D eigenvalue weighted by Crippen LogP contribution is -2.18. The monoisotopic (exact) mass is 269 g/mol. The molecule has 3 nitrogen and oxygen atoms in total. The number of aliphatic carboxylic acids is 1. The largest absolute Gasteiger partial charge is 0.481 e. The van der Waals surface area contributed by atoms with Gasteiger partial charge >= 0.3 is 5.97 Å². The molecule has 20 heavy (non-hydrogen) atoms. The van der Waals surface area contributed by atoms with Gasteiger partial charge in [-0.1, -0.05) is 42.5 Å². The van der Waals surface area contributed by atoms with Gasteiger partial charge in [0.05, 0.1) is 6.04 Å². The predicted octanol–water partition coefficient (Wildman–Crippen LogP) is 3.42. The van der Waals surface area contributed by atoms with Gasteiger partial charge in [-0.2, -0.15) is 0 Å². The SMILES string of the molecule is O=C(O)CCC1C2=CCCC=C2NC1c1ccccc1. The summed E-state index contributed by atoms with van der Waals surface area (Å²) in [4.78, 5) is 10.9. The van der Waals surface area contributed by atoms with Crippen LogP contribution in [0, 0.1) is 5.92 Å². The van der Waals surface area contributed by atoms with E-state index < -0.39 is 5.97 Å². The first-order valence-electron chi connectivity index (χ1n) is 7.19. The van der Waals surface area contributed by atoms with Crippen LogP contribution in [0.4, 0.5) is 0 Å². The molecular weight excluding hydrogens is 250 g/mol. The lowest BCUT2D eigenvalue weighted by atomic mass is 9.85. The second-order valence-electron chi connectivity index (χ2n) is 5.43. The fraction of sp³-hybridized carbons (Fsp3) is 0.353. The predicted molar refractivity (Wildman–Crippen MR) is 78.1 cm³/mol. The zero-order valence-electron chi connectivity index (χ0n) is 11.4. The van der Waals surface area contributed by atoms with E-state index in [1.54, 1.807) is 0 Å². The molecule has 1 aliphatic carbocycles. The summed E-state index contributed by atoms with van der Waals surface area (Å²) in [5.41, 5.74) is 3.76. The van der Waals surface area contributed by atoms with Crippen molar-refractivity contribution in [2.45, 2.75) is 31.7 Å². The third-order valence-electron chi connectivity index (χ3n) is 4.13. The highest BCUT2D eigenvalue weighted by molar-refractivity contribution is 5.66. The number of nitrogens with one attached hydrogen (secondary N) is 1. The summed E-state index contributed by atoms with van der Waals surface area (Å²) in [6, 6.07) is 10.5. The van der Waals surface area contributed by atoms with Crippen molar-refractivity contribution in [1.82, 2.24) is 5.32 Å². The summed E-state index contributed by atoms with van der Waals surface area (Å²) in [5.74, 6) is -0.453. The second-order valence-corrected chi connectivity index (χ2v) is 5.43. The molecular formula is C17H19NO2. The van der Waals surface area contributed by atoms with E-state index in [9.17, 15) is 4.79 Å². The maximum atomic E-state index is 10.9. The molecule has 0 spiro atoms. The van der Waals surface area contributed by atoms with Gasteiger partial charge < -0.3 is 10.4 Å². The molecule has 1 fully saturated rings. The topological polar surface area (TPSA) is 49.3 Å². The summed E-state index contributed by atoms with van der Waals surface area (Å²) < 4.78 is 0. The van der Waals surface area contributed by atoms with Crippen LogP contribution in [0.3, 0.4) is 0 Å². The van der Waals surface area contributed by atoms with Crippen LogP contribution in [-0.2, 0) is 4.79 Å². The number of allylic oxidation sites excluding steroid dienone is 3. The third kappa shape index (κ3) is 2.48. The van der Waals surface area contributed by atoms with E-state index in [4.69, 9.17) is 5.11 Å². The molecule has 2 atom stereocenters. The molecule has 0 bridgehead atoms. The fourth-order valence-electron chi connectivity index (χ4n) is 3.21. The second kappa shape index (κ2) is 5.53. The first-order valence-corrected chi connectivity index (χ1v) is 7.19. The highest BCUT2D eigenvalue weighted by Gasteiger charge is 2.35. The minimum atomic E-state index is -0.717. The van der Waals surface area contributed by atoms with Gasteiger partial charge in [-0.15, -0.1) is 0 Å². The lowest BCUT2D eigenvalue weighted by Gasteiger charge is -2.19. The molecule has 3 heteroatoms. The number of carbonyl (C=O) groups is 1. The minimum Gasteiger partial charge on any atom is -0.481 e. The van der Waals surface area contributed by atoms with Crippen molar-refractivity contribution < 1.29 is 9.90 Å². The molecule has 3 rings (SSSR count). The zero-order chi connectivity index (χ0) is 13.9. The number of hydrogen-bond acceptors (Lipinski definition) is 2. The van der Waals surface area contributed by atoms with Crippen LogP contribution in [0.5, 0.6) is 0 Å². The van der Waals surface area contributed by atoms with Gasteiger partial charge in [0.1, 0.15) is 0 Å². The van der Waals surface area contributed by atoms with Crippen LogP contribution in [0.1, 0.15) is 37.3 Å². The molecule has 0 aromatic heterocycles. The van der Waals surface area contributed by atoms with Gasteiger partial charge in [-0.25, -0.2) is 0 Å². The molecule has 2 N–H and O–H groups in total. The molecule has 0 saturated carbocycles. The number of fused-ring (bicyclic) bond motifs is 1. The Morgan fingerprint density at radius 2 is 1.95 bits per heavy atom. The van der Waals surface area contributed by atoms with Gasteiger partial charge in [0, 0.05) is 18.0 Å². The van der Waals surface area contributed by atoms with E-state index in [1.807, 2.05) is 18.2 Å². The highest BCUT2D eigenvalue weighted by atomic mass is 16.4. The summed E-state index contributed by atoms with van der Waals surface area (Å²) in [7, 11) is 0. The van der Waals surface area contributed by atoms with Gasteiger partial charge in [-0.3, -0.25) is 4.79 Å². The van der Waals surface area contributed by atoms with Crippen molar-refractivity contribution in [2.24, 2.45) is 5.92 Å². The third-order valence-corrected chi connectivity index (χ3v) is 4.13. The molecule has 0 amide bonds. The average molecular weight is 269 g/mol. The van der Waals surface area contributed by atoms with Crippen molar-refractivity contribution in [1.29, 1.82) is 0 Å². The molecule has 1 heterocycles. The Bertz CT molecular complexity index is 560. The maximum absolute atomic E-state index is 10.9. The summed E-state index contributed by atoms with van der Waals surface area (Å²) >= 11 is 0. The zero-order valence-corrected chi connectivity index (χ0v) is 11.4. The quantitative estimate of drug-likeness (QED) is 0.880. The summed E-state index contributed by atoms with van der Waals surface area (Å²) in [6.45, 7) is 0. The van der Waals surface area contributed by atoms with Gasteiger partial charge in [0.15, 0.2) is 0 Å². The maximum Gasteiger partial charge on any atom is 0.303 e. The molecule has 104 valence electrons. The van der Waals surface area contributed by atoms with Crippen molar-refractivity contribution in [2.75, 3.05) is 0 Å². The van der Waals surface area contributed by atoms with Crippen LogP contribution in [0.15, 0.2) is 53.8 Å². The number of rotatable bonds is 4. The Balaban J connectivity index is 1.89. The standard InChI is InChI=1S/C17H19NO2/c19-16(20)11-10-14-13-8-4-5-9-15(13)18-17(14)12-6-2-1-3-7-12/h1-3,6-9,14,17-18H,4-5,10-11H2,(H,19,20). The summed E-state index contributed by atoms with van der Waals surface area (Å²) in [5, 5.41) is 12.6. The molecule has 2 aliphatic rings. The minimum absolute atomic E-state index is 0.200. The van der Waals surface area contributed by atoms with Gasteiger partial charge in [0.25, 0.3) is 0 Å². The van der Waals surface area contributed by atoms with E-state index >= 15 is 0 Å². The lowest BCUT2D eigenvalue weighted by molar-refractivity contribution is -0.137. The van der Waals surface area contributed by atoms with E-state index in [2.05, 4.69) is 29.6 Å². The number of carboxylic acid groups (broad SMARTS) is 1. The van der Waals surface area contributed by atoms with Gasteiger partial charge in [-0.05, 0) is 30.4 Å².